The summed E-state index contributed by atoms with van der Waals surface area (Å²) in [7, 11) is 0. The van der Waals surface area contributed by atoms with Crippen molar-refractivity contribution in [3.63, 3.8) is 0 Å². The van der Waals surface area contributed by atoms with E-state index in [2.05, 4.69) is 24.5 Å². The zero-order chi connectivity index (χ0) is 12.7. The third-order valence-corrected chi connectivity index (χ3v) is 2.71. The van der Waals surface area contributed by atoms with Gasteiger partial charge in [0, 0.05) is 24.7 Å². The molecule has 1 rings (SSSR count). The summed E-state index contributed by atoms with van der Waals surface area (Å²) in [5, 5.41) is 7.08. The minimum absolute atomic E-state index is 0.294. The first-order valence-corrected chi connectivity index (χ1v) is 6.32. The molecule has 0 saturated carbocycles. The van der Waals surface area contributed by atoms with E-state index >= 15 is 0 Å². The van der Waals surface area contributed by atoms with Gasteiger partial charge in [0.25, 0.3) is 0 Å². The molecule has 4 heteroatoms. The highest BCUT2D eigenvalue weighted by Gasteiger charge is 2.01. The van der Waals surface area contributed by atoms with Gasteiger partial charge in [-0.15, -0.1) is 0 Å². The lowest BCUT2D eigenvalue weighted by molar-refractivity contribution is 0.535. The normalized spacial score (nSPS) is 11.1. The Kier molecular flexibility index (Phi) is 6.48. The molecular formula is C13H20ClFN2. The second-order valence-corrected chi connectivity index (χ2v) is 4.92. The Balaban J connectivity index is 2.18. The van der Waals surface area contributed by atoms with Gasteiger partial charge in [0.1, 0.15) is 5.82 Å². The largest absolute Gasteiger partial charge is 0.315 e. The summed E-state index contributed by atoms with van der Waals surface area (Å²) < 4.78 is 12.8. The lowest BCUT2D eigenvalue weighted by Crippen LogP contribution is -2.29. The maximum Gasteiger partial charge on any atom is 0.124 e. The number of halogens is 2. The number of benzene rings is 1. The van der Waals surface area contributed by atoms with Crippen LogP contribution in [-0.4, -0.2) is 19.6 Å². The predicted molar refractivity (Wildman–Crippen MR) is 70.8 cm³/mol. The molecule has 0 unspecified atom stereocenters. The molecule has 96 valence electrons. The van der Waals surface area contributed by atoms with Gasteiger partial charge < -0.3 is 10.6 Å². The van der Waals surface area contributed by atoms with Crippen molar-refractivity contribution >= 4 is 11.6 Å². The molecular weight excluding hydrogens is 239 g/mol. The summed E-state index contributed by atoms with van der Waals surface area (Å²) in [4.78, 5) is 0. The fourth-order valence-electron chi connectivity index (χ4n) is 1.46. The van der Waals surface area contributed by atoms with Crippen LogP contribution in [0.25, 0.3) is 0 Å². The van der Waals surface area contributed by atoms with Crippen LogP contribution in [0.5, 0.6) is 0 Å². The molecule has 0 fully saturated rings. The summed E-state index contributed by atoms with van der Waals surface area (Å²) >= 11 is 5.92. The zero-order valence-corrected chi connectivity index (χ0v) is 11.1. The van der Waals surface area contributed by atoms with Crippen molar-refractivity contribution < 1.29 is 4.39 Å². The molecule has 0 amide bonds. The van der Waals surface area contributed by atoms with Crippen LogP contribution in [0.2, 0.25) is 5.02 Å². The quantitative estimate of drug-likeness (QED) is 0.735. The molecule has 0 bridgehead atoms. The molecule has 0 atom stereocenters. The van der Waals surface area contributed by atoms with Crippen molar-refractivity contribution in [2.24, 2.45) is 5.92 Å². The lowest BCUT2D eigenvalue weighted by Gasteiger charge is -2.09. The van der Waals surface area contributed by atoms with Gasteiger partial charge in [0.2, 0.25) is 0 Å². The standard InChI is InChI=1S/C13H20ClFN2/c1-10(2)8-16-5-6-17-9-11-3-4-12(15)7-13(11)14/h3-4,7,10,16-17H,5-6,8-9H2,1-2H3. The monoisotopic (exact) mass is 258 g/mol. The Hall–Kier alpha value is -0.640. The average molecular weight is 259 g/mol. The van der Waals surface area contributed by atoms with Crippen molar-refractivity contribution in [3.8, 4) is 0 Å². The average Bonchev–Trinajstić information content (AvgIpc) is 2.25. The molecule has 0 saturated heterocycles. The van der Waals surface area contributed by atoms with Crippen LogP contribution in [-0.2, 0) is 6.54 Å². The molecule has 0 heterocycles. The smallest absolute Gasteiger partial charge is 0.124 e. The fourth-order valence-corrected chi connectivity index (χ4v) is 1.69. The Morgan fingerprint density at radius 1 is 1.24 bits per heavy atom. The minimum atomic E-state index is -0.294. The van der Waals surface area contributed by atoms with E-state index in [4.69, 9.17) is 11.6 Å². The summed E-state index contributed by atoms with van der Waals surface area (Å²) in [6.07, 6.45) is 0. The van der Waals surface area contributed by atoms with Gasteiger partial charge in [-0.25, -0.2) is 4.39 Å². The summed E-state index contributed by atoms with van der Waals surface area (Å²) in [6.45, 7) is 7.86. The fraction of sp³-hybridized carbons (Fsp3) is 0.538. The van der Waals surface area contributed by atoms with Gasteiger partial charge in [0.15, 0.2) is 0 Å². The highest BCUT2D eigenvalue weighted by atomic mass is 35.5. The number of nitrogens with one attached hydrogen (secondary N) is 2. The van der Waals surface area contributed by atoms with Crippen molar-refractivity contribution in [2.75, 3.05) is 19.6 Å². The van der Waals surface area contributed by atoms with Crippen molar-refractivity contribution in [1.82, 2.24) is 10.6 Å². The Bertz CT molecular complexity index is 342. The van der Waals surface area contributed by atoms with E-state index in [1.54, 1.807) is 6.07 Å². The van der Waals surface area contributed by atoms with E-state index in [1.165, 1.54) is 12.1 Å². The van der Waals surface area contributed by atoms with Crippen LogP contribution in [0.1, 0.15) is 19.4 Å². The molecule has 0 radical (unpaired) electrons. The van der Waals surface area contributed by atoms with Crippen molar-refractivity contribution in [1.29, 1.82) is 0 Å². The molecule has 0 aliphatic rings. The van der Waals surface area contributed by atoms with Crippen molar-refractivity contribution in [3.05, 3.63) is 34.6 Å². The highest BCUT2D eigenvalue weighted by molar-refractivity contribution is 6.31. The van der Waals surface area contributed by atoms with Crippen LogP contribution < -0.4 is 10.6 Å². The number of hydrogen-bond acceptors (Lipinski definition) is 2. The van der Waals surface area contributed by atoms with E-state index in [-0.39, 0.29) is 5.82 Å². The van der Waals surface area contributed by atoms with E-state index in [1.807, 2.05) is 0 Å². The SMILES string of the molecule is CC(C)CNCCNCc1ccc(F)cc1Cl. The van der Waals surface area contributed by atoms with Crippen LogP contribution >= 0.6 is 11.6 Å². The van der Waals surface area contributed by atoms with E-state index in [0.717, 1.165) is 25.2 Å². The second kappa shape index (κ2) is 7.64. The molecule has 2 nitrogen and oxygen atoms in total. The van der Waals surface area contributed by atoms with Gasteiger partial charge in [-0.2, -0.15) is 0 Å². The van der Waals surface area contributed by atoms with Crippen LogP contribution in [0.15, 0.2) is 18.2 Å². The van der Waals surface area contributed by atoms with Gasteiger partial charge >= 0.3 is 0 Å². The first kappa shape index (κ1) is 14.4. The minimum Gasteiger partial charge on any atom is -0.315 e. The van der Waals surface area contributed by atoms with E-state index < -0.39 is 0 Å². The third-order valence-electron chi connectivity index (χ3n) is 2.36. The van der Waals surface area contributed by atoms with Gasteiger partial charge in [-0.05, 0) is 30.2 Å². The molecule has 0 aromatic heterocycles. The Morgan fingerprint density at radius 2 is 1.94 bits per heavy atom. The van der Waals surface area contributed by atoms with Gasteiger partial charge in [-0.3, -0.25) is 0 Å². The van der Waals surface area contributed by atoms with Gasteiger partial charge in [0.05, 0.1) is 0 Å². The third kappa shape index (κ3) is 6.01. The highest BCUT2D eigenvalue weighted by Crippen LogP contribution is 2.16. The van der Waals surface area contributed by atoms with E-state index in [9.17, 15) is 4.39 Å². The Labute approximate surface area is 108 Å². The first-order valence-electron chi connectivity index (χ1n) is 5.95. The maximum absolute atomic E-state index is 12.8. The number of hydrogen-bond donors (Lipinski definition) is 2. The summed E-state index contributed by atoms with van der Waals surface area (Å²) in [5.74, 6) is 0.374. The topological polar surface area (TPSA) is 24.1 Å². The predicted octanol–water partition coefficient (Wildman–Crippen LogP) is 2.81. The summed E-state index contributed by atoms with van der Waals surface area (Å²) in [5.41, 5.74) is 0.928. The molecule has 1 aromatic carbocycles. The maximum atomic E-state index is 12.8. The first-order chi connectivity index (χ1) is 8.09. The Morgan fingerprint density at radius 3 is 2.59 bits per heavy atom. The molecule has 0 spiro atoms. The summed E-state index contributed by atoms with van der Waals surface area (Å²) in [6, 6.07) is 4.49. The molecule has 0 aliphatic heterocycles. The number of rotatable bonds is 7. The molecule has 0 aliphatic carbocycles. The van der Waals surface area contributed by atoms with Crippen LogP contribution in [0, 0.1) is 11.7 Å². The molecule has 1 aromatic rings. The van der Waals surface area contributed by atoms with Crippen LogP contribution in [0.4, 0.5) is 4.39 Å². The van der Waals surface area contributed by atoms with E-state index in [0.29, 0.717) is 17.5 Å². The lowest BCUT2D eigenvalue weighted by atomic mass is 10.2. The molecule has 17 heavy (non-hydrogen) atoms. The second-order valence-electron chi connectivity index (χ2n) is 4.51. The van der Waals surface area contributed by atoms with Crippen LogP contribution in [0.3, 0.4) is 0 Å². The van der Waals surface area contributed by atoms with Crippen molar-refractivity contribution in [2.45, 2.75) is 20.4 Å². The van der Waals surface area contributed by atoms with Gasteiger partial charge in [-0.1, -0.05) is 31.5 Å². The molecule has 2 N–H and O–H groups in total. The zero-order valence-electron chi connectivity index (χ0n) is 10.4.